The van der Waals surface area contributed by atoms with E-state index in [2.05, 4.69) is 9.78 Å². The Labute approximate surface area is 95.7 Å². The van der Waals surface area contributed by atoms with E-state index in [-0.39, 0.29) is 12.4 Å². The van der Waals surface area contributed by atoms with Crippen LogP contribution in [0.25, 0.3) is 0 Å². The molecule has 0 aliphatic heterocycles. The van der Waals surface area contributed by atoms with Crippen molar-refractivity contribution >= 4 is 11.9 Å². The lowest BCUT2D eigenvalue weighted by Gasteiger charge is -2.01. The van der Waals surface area contributed by atoms with Crippen molar-refractivity contribution in [3.05, 3.63) is 0 Å². The maximum atomic E-state index is 10.8. The topological polar surface area (TPSA) is 72.8 Å². The van der Waals surface area contributed by atoms with E-state index >= 15 is 0 Å². The Morgan fingerprint density at radius 3 is 1.94 bits per heavy atom. The summed E-state index contributed by atoms with van der Waals surface area (Å²) in [6, 6.07) is 0. The first kappa shape index (κ1) is 14.9. The van der Waals surface area contributed by atoms with Gasteiger partial charge in [0.25, 0.3) is 0 Å². The van der Waals surface area contributed by atoms with Gasteiger partial charge in [-0.2, -0.15) is 4.89 Å². The van der Waals surface area contributed by atoms with Crippen LogP contribution in [-0.2, 0) is 19.4 Å². The van der Waals surface area contributed by atoms with E-state index in [4.69, 9.17) is 5.11 Å². The summed E-state index contributed by atoms with van der Waals surface area (Å²) in [6.07, 6.45) is 6.11. The first-order valence-electron chi connectivity index (χ1n) is 5.62. The SMILES string of the molecule is COOC(=O)CCCCCCCCC(=O)O. The Balaban J connectivity index is 3.09. The van der Waals surface area contributed by atoms with Gasteiger partial charge in [0.15, 0.2) is 0 Å². The maximum absolute atomic E-state index is 10.8. The van der Waals surface area contributed by atoms with Crippen molar-refractivity contribution < 1.29 is 24.5 Å². The summed E-state index contributed by atoms with van der Waals surface area (Å²) in [4.78, 5) is 29.6. The van der Waals surface area contributed by atoms with Gasteiger partial charge in [0.2, 0.25) is 0 Å². The van der Waals surface area contributed by atoms with Crippen LogP contribution in [0.5, 0.6) is 0 Å². The van der Waals surface area contributed by atoms with Crippen LogP contribution in [0.2, 0.25) is 0 Å². The van der Waals surface area contributed by atoms with E-state index in [1.807, 2.05) is 0 Å². The Bertz CT molecular complexity index is 203. The summed E-state index contributed by atoms with van der Waals surface area (Å²) in [6.45, 7) is 0. The summed E-state index contributed by atoms with van der Waals surface area (Å²) in [7, 11) is 1.31. The predicted octanol–water partition coefficient (Wildman–Crippen LogP) is 2.30. The van der Waals surface area contributed by atoms with E-state index in [1.165, 1.54) is 7.11 Å². The highest BCUT2D eigenvalue weighted by molar-refractivity contribution is 5.68. The van der Waals surface area contributed by atoms with Gasteiger partial charge in [-0.3, -0.25) is 9.68 Å². The normalized spacial score (nSPS) is 10.1. The molecule has 16 heavy (non-hydrogen) atoms. The molecule has 0 saturated heterocycles. The molecule has 0 aromatic carbocycles. The minimum Gasteiger partial charge on any atom is -0.481 e. The molecule has 5 heteroatoms. The second-order valence-corrected chi connectivity index (χ2v) is 3.64. The number of hydrogen-bond acceptors (Lipinski definition) is 4. The molecule has 0 aromatic rings. The number of carboxylic acids is 1. The monoisotopic (exact) mass is 232 g/mol. The van der Waals surface area contributed by atoms with Crippen LogP contribution in [0.1, 0.15) is 51.4 Å². The van der Waals surface area contributed by atoms with Crippen molar-refractivity contribution in [1.82, 2.24) is 0 Å². The quantitative estimate of drug-likeness (QED) is 0.355. The second-order valence-electron chi connectivity index (χ2n) is 3.64. The number of carboxylic acid groups (broad SMARTS) is 1. The van der Waals surface area contributed by atoms with Crippen LogP contribution >= 0.6 is 0 Å². The van der Waals surface area contributed by atoms with Crippen molar-refractivity contribution in [1.29, 1.82) is 0 Å². The Kier molecular flexibility index (Phi) is 9.70. The van der Waals surface area contributed by atoms with Crippen LogP contribution in [0, 0.1) is 0 Å². The summed E-state index contributed by atoms with van der Waals surface area (Å²) in [5.41, 5.74) is 0. The van der Waals surface area contributed by atoms with E-state index in [0.29, 0.717) is 6.42 Å². The van der Waals surface area contributed by atoms with Gasteiger partial charge >= 0.3 is 11.9 Å². The van der Waals surface area contributed by atoms with Gasteiger partial charge in [0.05, 0.1) is 7.11 Å². The fraction of sp³-hybridized carbons (Fsp3) is 0.818. The standard InChI is InChI=1S/C11H20O5/c1-15-16-11(14)9-7-5-3-2-4-6-8-10(12)13/h2-9H2,1H3,(H,12,13). The van der Waals surface area contributed by atoms with Crippen molar-refractivity contribution in [2.75, 3.05) is 7.11 Å². The highest BCUT2D eigenvalue weighted by Gasteiger charge is 2.02. The average molecular weight is 232 g/mol. The summed E-state index contributed by atoms with van der Waals surface area (Å²) < 4.78 is 0. The molecule has 0 aliphatic carbocycles. The molecule has 0 rings (SSSR count). The number of rotatable bonds is 10. The zero-order valence-electron chi connectivity index (χ0n) is 9.74. The van der Waals surface area contributed by atoms with Crippen LogP contribution in [-0.4, -0.2) is 24.2 Å². The summed E-state index contributed by atoms with van der Waals surface area (Å²) in [5, 5.41) is 8.40. The molecule has 0 aromatic heterocycles. The number of unbranched alkanes of at least 4 members (excludes halogenated alkanes) is 5. The van der Waals surface area contributed by atoms with Crippen molar-refractivity contribution in [2.24, 2.45) is 0 Å². The molecule has 0 fully saturated rings. The Morgan fingerprint density at radius 2 is 1.44 bits per heavy atom. The fourth-order valence-corrected chi connectivity index (χ4v) is 1.39. The molecule has 0 atom stereocenters. The highest BCUT2D eigenvalue weighted by Crippen LogP contribution is 2.08. The van der Waals surface area contributed by atoms with Gasteiger partial charge in [-0.25, -0.2) is 4.79 Å². The number of aliphatic carboxylic acids is 1. The fourth-order valence-electron chi connectivity index (χ4n) is 1.39. The van der Waals surface area contributed by atoms with Crippen molar-refractivity contribution in [3.63, 3.8) is 0 Å². The highest BCUT2D eigenvalue weighted by atomic mass is 17.2. The largest absolute Gasteiger partial charge is 0.481 e. The van der Waals surface area contributed by atoms with Crippen molar-refractivity contribution in [2.45, 2.75) is 51.4 Å². The third-order valence-electron chi connectivity index (χ3n) is 2.20. The zero-order valence-corrected chi connectivity index (χ0v) is 9.74. The molecule has 1 N–H and O–H groups in total. The Hall–Kier alpha value is -1.10. The predicted molar refractivity (Wildman–Crippen MR) is 57.7 cm³/mol. The molecule has 0 unspecified atom stereocenters. The van der Waals surface area contributed by atoms with Gasteiger partial charge in [-0.05, 0) is 12.8 Å². The van der Waals surface area contributed by atoms with Crippen LogP contribution in [0.15, 0.2) is 0 Å². The molecular weight excluding hydrogens is 212 g/mol. The van der Waals surface area contributed by atoms with E-state index < -0.39 is 5.97 Å². The molecule has 0 spiro atoms. The van der Waals surface area contributed by atoms with Crippen LogP contribution < -0.4 is 0 Å². The zero-order chi connectivity index (χ0) is 12.2. The summed E-state index contributed by atoms with van der Waals surface area (Å²) in [5.74, 6) is -1.07. The molecule has 0 bridgehead atoms. The van der Waals surface area contributed by atoms with Gasteiger partial charge in [0, 0.05) is 12.8 Å². The number of carbonyl (C=O) groups excluding carboxylic acids is 1. The lowest BCUT2D eigenvalue weighted by molar-refractivity contribution is -0.255. The molecule has 0 saturated carbocycles. The molecule has 0 amide bonds. The summed E-state index contributed by atoms with van der Waals surface area (Å²) >= 11 is 0. The van der Waals surface area contributed by atoms with Gasteiger partial charge < -0.3 is 5.11 Å². The van der Waals surface area contributed by atoms with E-state index in [0.717, 1.165) is 38.5 Å². The van der Waals surface area contributed by atoms with Gasteiger partial charge in [0.1, 0.15) is 0 Å². The van der Waals surface area contributed by atoms with Gasteiger partial charge in [-0.15, -0.1) is 0 Å². The molecule has 94 valence electrons. The minimum atomic E-state index is -0.734. The minimum absolute atomic E-state index is 0.250. The smallest absolute Gasteiger partial charge is 0.342 e. The second kappa shape index (κ2) is 10.4. The molecule has 0 aliphatic rings. The lowest BCUT2D eigenvalue weighted by atomic mass is 10.1. The first-order chi connectivity index (χ1) is 7.66. The van der Waals surface area contributed by atoms with E-state index in [9.17, 15) is 9.59 Å². The number of hydrogen-bond donors (Lipinski definition) is 1. The third-order valence-corrected chi connectivity index (χ3v) is 2.20. The molecular formula is C11H20O5. The Morgan fingerprint density at radius 1 is 0.938 bits per heavy atom. The third kappa shape index (κ3) is 11.0. The molecule has 5 nitrogen and oxygen atoms in total. The van der Waals surface area contributed by atoms with Crippen LogP contribution in [0.4, 0.5) is 0 Å². The van der Waals surface area contributed by atoms with Crippen LogP contribution in [0.3, 0.4) is 0 Å². The van der Waals surface area contributed by atoms with Crippen molar-refractivity contribution in [3.8, 4) is 0 Å². The average Bonchev–Trinajstić information content (AvgIpc) is 2.22. The maximum Gasteiger partial charge on any atom is 0.342 e. The molecule has 0 heterocycles. The van der Waals surface area contributed by atoms with E-state index in [1.54, 1.807) is 0 Å². The lowest BCUT2D eigenvalue weighted by Crippen LogP contribution is -2.02. The molecule has 0 radical (unpaired) electrons. The van der Waals surface area contributed by atoms with Gasteiger partial charge in [-0.1, -0.05) is 25.7 Å². The first-order valence-corrected chi connectivity index (χ1v) is 5.62. The number of carbonyl (C=O) groups is 2.